The molecule has 2 aromatic heterocycles. The van der Waals surface area contributed by atoms with E-state index < -0.39 is 10.2 Å². The molecule has 0 bridgehead atoms. The molecule has 8 nitrogen and oxygen atoms in total. The minimum Gasteiger partial charge on any atom is -0.379 e. The molecule has 0 amide bonds. The van der Waals surface area contributed by atoms with Gasteiger partial charge in [0.2, 0.25) is 0 Å². The summed E-state index contributed by atoms with van der Waals surface area (Å²) in [5, 5.41) is 0. The van der Waals surface area contributed by atoms with Crippen molar-refractivity contribution in [1.82, 2.24) is 23.6 Å². The maximum absolute atomic E-state index is 12.2. The van der Waals surface area contributed by atoms with Crippen LogP contribution in [0.2, 0.25) is 0 Å². The first-order valence-electron chi connectivity index (χ1n) is 7.42. The molecule has 0 saturated carbocycles. The summed E-state index contributed by atoms with van der Waals surface area (Å²) in [5.74, 6) is 0.719. The van der Waals surface area contributed by atoms with Crippen LogP contribution in [0, 0.1) is 0 Å². The zero-order valence-corrected chi connectivity index (χ0v) is 13.4. The Bertz CT molecular complexity index is 726. The molecule has 1 saturated heterocycles. The fraction of sp³-hybridized carbons (Fsp3) is 0.429. The Hall–Kier alpha value is -1.81. The Morgan fingerprint density at radius 3 is 2.74 bits per heavy atom. The summed E-state index contributed by atoms with van der Waals surface area (Å²) in [6, 6.07) is 5.60. The Morgan fingerprint density at radius 2 is 2.00 bits per heavy atom. The van der Waals surface area contributed by atoms with E-state index in [4.69, 9.17) is 4.74 Å². The number of morpholine rings is 1. The summed E-state index contributed by atoms with van der Waals surface area (Å²) >= 11 is 0. The molecule has 0 aromatic carbocycles. The average Bonchev–Trinajstić information content (AvgIpc) is 3.05. The van der Waals surface area contributed by atoms with Crippen molar-refractivity contribution in [3.8, 4) is 11.5 Å². The van der Waals surface area contributed by atoms with E-state index in [9.17, 15) is 8.42 Å². The fourth-order valence-corrected chi connectivity index (χ4v) is 3.55. The van der Waals surface area contributed by atoms with Gasteiger partial charge < -0.3 is 9.30 Å². The maximum Gasteiger partial charge on any atom is 0.279 e. The second-order valence-electron chi connectivity index (χ2n) is 5.07. The largest absolute Gasteiger partial charge is 0.379 e. The monoisotopic (exact) mass is 337 g/mol. The van der Waals surface area contributed by atoms with Crippen LogP contribution in [0.4, 0.5) is 0 Å². The van der Waals surface area contributed by atoms with Crippen LogP contribution in [0.25, 0.3) is 11.5 Å². The van der Waals surface area contributed by atoms with Gasteiger partial charge in [-0.15, -0.1) is 0 Å². The summed E-state index contributed by atoms with van der Waals surface area (Å²) in [5.41, 5.74) is 0.758. The molecule has 23 heavy (non-hydrogen) atoms. The maximum atomic E-state index is 12.2. The van der Waals surface area contributed by atoms with Crippen LogP contribution in [0.3, 0.4) is 0 Å². The lowest BCUT2D eigenvalue weighted by Gasteiger charge is -2.26. The van der Waals surface area contributed by atoms with E-state index in [-0.39, 0.29) is 6.54 Å². The standard InChI is InChI=1S/C14H19N5O3S/c20-23(21,19-9-11-22-12-10-19)17-6-8-18-7-5-16-14(18)13-3-1-2-4-15-13/h1-5,7,17H,6,8-12H2. The topological polar surface area (TPSA) is 89.3 Å². The van der Waals surface area contributed by atoms with E-state index in [0.29, 0.717) is 32.8 Å². The predicted molar refractivity (Wildman–Crippen MR) is 84.8 cm³/mol. The summed E-state index contributed by atoms with van der Waals surface area (Å²) < 4.78 is 35.5. The van der Waals surface area contributed by atoms with Crippen molar-refractivity contribution in [2.75, 3.05) is 32.8 Å². The molecule has 0 radical (unpaired) electrons. The van der Waals surface area contributed by atoms with Crippen LogP contribution in [-0.4, -0.2) is 60.1 Å². The Labute approximate surface area is 135 Å². The Morgan fingerprint density at radius 1 is 1.17 bits per heavy atom. The third-order valence-electron chi connectivity index (χ3n) is 3.56. The van der Waals surface area contributed by atoms with E-state index in [0.717, 1.165) is 11.5 Å². The second kappa shape index (κ2) is 7.18. The van der Waals surface area contributed by atoms with Gasteiger partial charge in [-0.2, -0.15) is 12.7 Å². The summed E-state index contributed by atoms with van der Waals surface area (Å²) in [6.45, 7) is 2.42. The second-order valence-corrected chi connectivity index (χ2v) is 6.83. The summed E-state index contributed by atoms with van der Waals surface area (Å²) in [4.78, 5) is 8.56. The number of pyridine rings is 1. The zero-order chi connectivity index (χ0) is 16.1. The molecular formula is C14H19N5O3S. The van der Waals surface area contributed by atoms with Crippen molar-refractivity contribution in [2.24, 2.45) is 0 Å². The van der Waals surface area contributed by atoms with Crippen molar-refractivity contribution < 1.29 is 13.2 Å². The van der Waals surface area contributed by atoms with E-state index in [2.05, 4.69) is 14.7 Å². The van der Waals surface area contributed by atoms with Crippen molar-refractivity contribution in [2.45, 2.75) is 6.54 Å². The highest BCUT2D eigenvalue weighted by molar-refractivity contribution is 7.87. The fourth-order valence-electron chi connectivity index (χ4n) is 2.39. The molecule has 3 rings (SSSR count). The van der Waals surface area contributed by atoms with Crippen LogP contribution in [0.15, 0.2) is 36.8 Å². The minimum absolute atomic E-state index is 0.288. The number of imidazole rings is 1. The molecular weight excluding hydrogens is 318 g/mol. The molecule has 9 heteroatoms. The third-order valence-corrected chi connectivity index (χ3v) is 5.17. The van der Waals surface area contributed by atoms with E-state index in [1.807, 2.05) is 29.0 Å². The zero-order valence-electron chi connectivity index (χ0n) is 12.6. The van der Waals surface area contributed by atoms with Gasteiger partial charge in [-0.3, -0.25) is 4.98 Å². The van der Waals surface area contributed by atoms with Crippen molar-refractivity contribution in [3.63, 3.8) is 0 Å². The lowest BCUT2D eigenvalue weighted by molar-refractivity contribution is 0.0725. The number of nitrogens with one attached hydrogen (secondary N) is 1. The Kier molecular flexibility index (Phi) is 5.01. The predicted octanol–water partition coefficient (Wildman–Crippen LogP) is 0.112. The molecule has 0 aliphatic carbocycles. The number of nitrogens with zero attached hydrogens (tertiary/aromatic N) is 4. The average molecular weight is 337 g/mol. The molecule has 124 valence electrons. The number of ether oxygens (including phenoxy) is 1. The van der Waals surface area contributed by atoms with Crippen molar-refractivity contribution >= 4 is 10.2 Å². The summed E-state index contributed by atoms with van der Waals surface area (Å²) in [7, 11) is -3.46. The number of hydrogen-bond donors (Lipinski definition) is 1. The lowest BCUT2D eigenvalue weighted by Crippen LogP contribution is -2.47. The number of hydrogen-bond acceptors (Lipinski definition) is 5. The van der Waals surface area contributed by atoms with Crippen LogP contribution in [-0.2, 0) is 21.5 Å². The van der Waals surface area contributed by atoms with Crippen LogP contribution in [0.1, 0.15) is 0 Å². The van der Waals surface area contributed by atoms with Gasteiger partial charge in [0.25, 0.3) is 10.2 Å². The van der Waals surface area contributed by atoms with Gasteiger partial charge in [-0.1, -0.05) is 6.07 Å². The smallest absolute Gasteiger partial charge is 0.279 e. The molecule has 1 fully saturated rings. The van der Waals surface area contributed by atoms with Crippen LogP contribution in [0.5, 0.6) is 0 Å². The first kappa shape index (κ1) is 16.1. The van der Waals surface area contributed by atoms with Crippen molar-refractivity contribution in [1.29, 1.82) is 0 Å². The number of rotatable bonds is 6. The Balaban J connectivity index is 1.60. The van der Waals surface area contributed by atoms with Gasteiger partial charge in [0, 0.05) is 44.8 Å². The molecule has 0 spiro atoms. The van der Waals surface area contributed by atoms with Gasteiger partial charge >= 0.3 is 0 Å². The number of aromatic nitrogens is 3. The molecule has 1 aliphatic rings. The molecule has 2 aromatic rings. The normalized spacial score (nSPS) is 16.5. The van der Waals surface area contributed by atoms with Gasteiger partial charge in [-0.25, -0.2) is 9.71 Å². The van der Waals surface area contributed by atoms with Gasteiger partial charge in [0.1, 0.15) is 5.69 Å². The first-order valence-corrected chi connectivity index (χ1v) is 8.86. The van der Waals surface area contributed by atoms with Crippen LogP contribution < -0.4 is 4.72 Å². The molecule has 0 unspecified atom stereocenters. The molecule has 1 aliphatic heterocycles. The van der Waals surface area contributed by atoms with Crippen LogP contribution >= 0.6 is 0 Å². The van der Waals surface area contributed by atoms with E-state index in [1.165, 1.54) is 4.31 Å². The van der Waals surface area contributed by atoms with Gasteiger partial charge in [-0.05, 0) is 12.1 Å². The molecule has 0 atom stereocenters. The van der Waals surface area contributed by atoms with Gasteiger partial charge in [0.05, 0.1) is 13.2 Å². The summed E-state index contributed by atoms with van der Waals surface area (Å²) in [6.07, 6.45) is 5.20. The molecule has 1 N–H and O–H groups in total. The minimum atomic E-state index is -3.46. The molecule has 3 heterocycles. The lowest BCUT2D eigenvalue weighted by atomic mass is 10.3. The van der Waals surface area contributed by atoms with Gasteiger partial charge in [0.15, 0.2) is 5.82 Å². The van der Waals surface area contributed by atoms with Crippen molar-refractivity contribution in [3.05, 3.63) is 36.8 Å². The third kappa shape index (κ3) is 3.94. The highest BCUT2D eigenvalue weighted by atomic mass is 32.2. The quantitative estimate of drug-likeness (QED) is 0.808. The van der Waals surface area contributed by atoms with E-state index in [1.54, 1.807) is 12.4 Å². The van der Waals surface area contributed by atoms with E-state index >= 15 is 0 Å². The SMILES string of the molecule is O=S(=O)(NCCn1ccnc1-c1ccccn1)N1CCOCC1. The highest BCUT2D eigenvalue weighted by Crippen LogP contribution is 2.13. The first-order chi connectivity index (χ1) is 11.2. The highest BCUT2D eigenvalue weighted by Gasteiger charge is 2.23.